The topological polar surface area (TPSA) is 18.5 Å². The van der Waals surface area contributed by atoms with E-state index in [-0.39, 0.29) is 5.44 Å². The van der Waals surface area contributed by atoms with E-state index < -0.39 is 0 Å². The van der Waals surface area contributed by atoms with Gasteiger partial charge in [0.15, 0.2) is 0 Å². The van der Waals surface area contributed by atoms with Crippen LogP contribution in [-0.4, -0.2) is 11.5 Å². The van der Waals surface area contributed by atoms with E-state index >= 15 is 0 Å². The number of halogens is 1. The molecule has 27 heavy (non-hydrogen) atoms. The quantitative estimate of drug-likeness (QED) is 0.407. The van der Waals surface area contributed by atoms with Gasteiger partial charge in [-0.25, -0.2) is 0 Å². The Morgan fingerprint density at radius 3 is 2.74 bits per heavy atom. The third kappa shape index (κ3) is 6.44. The Balaban J connectivity index is 1.56. The highest BCUT2D eigenvalue weighted by atomic mass is 35.5. The molecular formula is C23H29ClO2S. The van der Waals surface area contributed by atoms with Crippen molar-refractivity contribution in [1.82, 2.24) is 0 Å². The van der Waals surface area contributed by atoms with Crippen LogP contribution in [0.5, 0.6) is 5.75 Å². The summed E-state index contributed by atoms with van der Waals surface area (Å²) in [6.07, 6.45) is 6.47. The third-order valence-electron chi connectivity index (χ3n) is 4.98. The van der Waals surface area contributed by atoms with Gasteiger partial charge in [-0.15, -0.1) is 0 Å². The van der Waals surface area contributed by atoms with Crippen molar-refractivity contribution in [3.05, 3.63) is 59.1 Å². The smallest absolute Gasteiger partial charge is 0.122 e. The van der Waals surface area contributed by atoms with E-state index in [2.05, 4.69) is 32.0 Å². The Labute approximate surface area is 172 Å². The summed E-state index contributed by atoms with van der Waals surface area (Å²) in [7, 11) is 0. The average molecular weight is 405 g/mol. The zero-order valence-electron chi connectivity index (χ0n) is 16.2. The molecule has 0 aromatic heterocycles. The molecule has 2 unspecified atom stereocenters. The Kier molecular flexibility index (Phi) is 7.93. The van der Waals surface area contributed by atoms with E-state index in [1.165, 1.54) is 25.7 Å². The van der Waals surface area contributed by atoms with Gasteiger partial charge in [0.25, 0.3) is 0 Å². The molecule has 0 saturated carbocycles. The van der Waals surface area contributed by atoms with Crippen LogP contribution in [0.25, 0.3) is 0 Å². The fourth-order valence-corrected chi connectivity index (χ4v) is 5.02. The van der Waals surface area contributed by atoms with Gasteiger partial charge < -0.3 is 9.47 Å². The van der Waals surface area contributed by atoms with Gasteiger partial charge in [-0.1, -0.05) is 86.8 Å². The first-order valence-corrected chi connectivity index (χ1v) is 11.2. The maximum atomic E-state index is 6.32. The summed E-state index contributed by atoms with van der Waals surface area (Å²) in [5, 5.41) is 0.702. The lowest BCUT2D eigenvalue weighted by Crippen LogP contribution is -2.13. The highest BCUT2D eigenvalue weighted by Gasteiger charge is 2.32. The summed E-state index contributed by atoms with van der Waals surface area (Å²) in [5.41, 5.74) is 1.35. The van der Waals surface area contributed by atoms with Crippen molar-refractivity contribution in [2.75, 3.05) is 0 Å². The van der Waals surface area contributed by atoms with Crippen molar-refractivity contribution in [2.45, 2.75) is 69.0 Å². The molecule has 4 heteroatoms. The third-order valence-corrected chi connectivity index (χ3v) is 6.27. The molecule has 0 aliphatic carbocycles. The molecule has 2 nitrogen and oxygen atoms in total. The van der Waals surface area contributed by atoms with Crippen LogP contribution in [0.15, 0.2) is 53.4 Å². The molecule has 0 radical (unpaired) electrons. The summed E-state index contributed by atoms with van der Waals surface area (Å²) >= 11 is 8.09. The van der Waals surface area contributed by atoms with Crippen molar-refractivity contribution in [1.29, 1.82) is 0 Å². The molecule has 1 aliphatic rings. The van der Waals surface area contributed by atoms with E-state index in [0.717, 1.165) is 22.6 Å². The van der Waals surface area contributed by atoms with E-state index in [0.29, 0.717) is 23.7 Å². The monoisotopic (exact) mass is 404 g/mol. The van der Waals surface area contributed by atoms with Gasteiger partial charge in [-0.2, -0.15) is 0 Å². The summed E-state index contributed by atoms with van der Waals surface area (Å²) < 4.78 is 12.3. The maximum Gasteiger partial charge on any atom is 0.122 e. The van der Waals surface area contributed by atoms with Gasteiger partial charge in [0.2, 0.25) is 0 Å². The summed E-state index contributed by atoms with van der Waals surface area (Å²) in [4.78, 5) is 1.11. The lowest BCUT2D eigenvalue weighted by molar-refractivity contribution is 0.0697. The van der Waals surface area contributed by atoms with Crippen LogP contribution >= 0.6 is 23.4 Å². The number of rotatable bonds is 9. The number of unbranched alkanes of at least 4 members (excludes halogenated alkanes) is 2. The fraction of sp³-hybridized carbons (Fsp3) is 0.478. The summed E-state index contributed by atoms with van der Waals surface area (Å²) in [6.45, 7) is 5.10. The number of benzene rings is 2. The zero-order valence-corrected chi connectivity index (χ0v) is 17.8. The Morgan fingerprint density at radius 2 is 1.96 bits per heavy atom. The van der Waals surface area contributed by atoms with Crippen molar-refractivity contribution >= 4 is 23.4 Å². The summed E-state index contributed by atoms with van der Waals surface area (Å²) in [5.74, 6) is 1.42. The minimum Gasteiger partial charge on any atom is -0.489 e. The second-order valence-corrected chi connectivity index (χ2v) is 9.00. The molecular weight excluding hydrogens is 376 g/mol. The van der Waals surface area contributed by atoms with Crippen molar-refractivity contribution in [3.8, 4) is 5.75 Å². The van der Waals surface area contributed by atoms with Gasteiger partial charge in [-0.05, 0) is 42.5 Å². The van der Waals surface area contributed by atoms with Gasteiger partial charge in [0.1, 0.15) is 17.8 Å². The number of hydrogen-bond acceptors (Lipinski definition) is 3. The average Bonchev–Trinajstić information content (AvgIpc) is 3.00. The molecule has 3 rings (SSSR count). The van der Waals surface area contributed by atoms with Crippen LogP contribution in [0.4, 0.5) is 0 Å². The number of hydrogen-bond donors (Lipinski definition) is 0. The number of thioether (sulfide) groups is 1. The van der Waals surface area contributed by atoms with Crippen molar-refractivity contribution in [2.24, 2.45) is 5.92 Å². The highest BCUT2D eigenvalue weighted by molar-refractivity contribution is 7.99. The minimum atomic E-state index is 0.201. The van der Waals surface area contributed by atoms with Crippen LogP contribution in [-0.2, 0) is 11.3 Å². The molecule has 2 aromatic carbocycles. The highest BCUT2D eigenvalue weighted by Crippen LogP contribution is 2.40. The molecule has 0 bridgehead atoms. The fourth-order valence-electron chi connectivity index (χ4n) is 3.45. The Bertz CT molecular complexity index is 707. The van der Waals surface area contributed by atoms with Crippen LogP contribution in [0, 0.1) is 5.92 Å². The molecule has 1 heterocycles. The molecule has 0 N–H and O–H groups in total. The number of ether oxygens (including phenoxy) is 2. The van der Waals surface area contributed by atoms with E-state index in [4.69, 9.17) is 21.1 Å². The largest absolute Gasteiger partial charge is 0.489 e. The maximum absolute atomic E-state index is 6.32. The molecule has 1 fully saturated rings. The second kappa shape index (κ2) is 10.4. The first-order chi connectivity index (χ1) is 13.1. The molecule has 2 aromatic rings. The minimum absolute atomic E-state index is 0.201. The lowest BCUT2D eigenvalue weighted by Gasteiger charge is -2.15. The molecule has 146 valence electrons. The van der Waals surface area contributed by atoms with Gasteiger partial charge in [-0.3, -0.25) is 0 Å². The normalized spacial score (nSPS) is 22.1. The first kappa shape index (κ1) is 20.6. The van der Waals surface area contributed by atoms with Crippen molar-refractivity contribution in [3.63, 3.8) is 0 Å². The predicted octanol–water partition coefficient (Wildman–Crippen LogP) is 7.34. The lowest BCUT2D eigenvalue weighted by atomic mass is 9.99. The van der Waals surface area contributed by atoms with Crippen LogP contribution < -0.4 is 4.74 Å². The standard InChI is InChI=1S/C23H29ClO2S/c1-3-4-6-11-22-17(2)12-23(26-22)27-21-14-19(24)13-20(15-21)25-16-18-9-7-5-8-10-18/h5,7-10,13-15,17,22-23H,3-4,6,11-12,16H2,1-2H3/t17-,22?,23?/m1/s1. The second-order valence-electron chi connectivity index (χ2n) is 7.33. The molecule has 1 aliphatic heterocycles. The first-order valence-electron chi connectivity index (χ1n) is 9.93. The van der Waals surface area contributed by atoms with Crippen LogP contribution in [0.3, 0.4) is 0 Å². The molecule has 0 amide bonds. The van der Waals surface area contributed by atoms with E-state index in [9.17, 15) is 0 Å². The Morgan fingerprint density at radius 1 is 1.15 bits per heavy atom. The van der Waals surface area contributed by atoms with Crippen LogP contribution in [0.2, 0.25) is 5.02 Å². The van der Waals surface area contributed by atoms with E-state index in [1.807, 2.05) is 30.3 Å². The van der Waals surface area contributed by atoms with Gasteiger partial charge in [0.05, 0.1) is 6.10 Å². The van der Waals surface area contributed by atoms with E-state index in [1.54, 1.807) is 11.8 Å². The van der Waals surface area contributed by atoms with Gasteiger partial charge >= 0.3 is 0 Å². The predicted molar refractivity (Wildman–Crippen MR) is 115 cm³/mol. The molecule has 3 atom stereocenters. The Hall–Kier alpha value is -1.16. The SMILES string of the molecule is CCCCCC1OC(Sc2cc(Cl)cc(OCc3ccccc3)c2)C[C@H]1C. The van der Waals surface area contributed by atoms with Crippen LogP contribution in [0.1, 0.15) is 51.5 Å². The summed E-state index contributed by atoms with van der Waals surface area (Å²) in [6, 6.07) is 16.1. The van der Waals surface area contributed by atoms with Crippen molar-refractivity contribution < 1.29 is 9.47 Å². The van der Waals surface area contributed by atoms with Gasteiger partial charge in [0, 0.05) is 9.92 Å². The zero-order chi connectivity index (χ0) is 19.1. The molecule has 0 spiro atoms. The molecule has 1 saturated heterocycles.